The van der Waals surface area contributed by atoms with Crippen LogP contribution in [0, 0.1) is 6.92 Å². The predicted molar refractivity (Wildman–Crippen MR) is 130 cm³/mol. The maximum Gasteiger partial charge on any atom is 0.430 e. The molecule has 1 fully saturated rings. The normalized spacial score (nSPS) is 17.0. The predicted octanol–water partition coefficient (Wildman–Crippen LogP) is 5.66. The van der Waals surface area contributed by atoms with E-state index in [-0.39, 0.29) is 0 Å². The van der Waals surface area contributed by atoms with Gasteiger partial charge in [-0.3, -0.25) is 15.6 Å². The quantitative estimate of drug-likeness (QED) is 0.515. The molecule has 7 nitrogen and oxygen atoms in total. The standard InChI is InChI=1S/C27H27N3O4/c1-20-11-13-21(14-12-20)24-19-27(34-29-24)15-17-30(18-16-27)33-26(31)28-23-9-5-6-10-25(23)32-22-7-3-2-4-8-22/h2-14,19,29H,15-18H2,1H3,(H,28,31). The van der Waals surface area contributed by atoms with E-state index < -0.39 is 11.7 Å². The molecule has 1 saturated heterocycles. The molecule has 0 saturated carbocycles. The Morgan fingerprint density at radius 2 is 1.68 bits per heavy atom. The van der Waals surface area contributed by atoms with Gasteiger partial charge in [-0.1, -0.05) is 60.2 Å². The van der Waals surface area contributed by atoms with Gasteiger partial charge in [-0.05, 0) is 55.7 Å². The summed E-state index contributed by atoms with van der Waals surface area (Å²) >= 11 is 0. The Bertz CT molecular complexity index is 1170. The van der Waals surface area contributed by atoms with Gasteiger partial charge < -0.3 is 9.57 Å². The number of carbonyl (C=O) groups excluding carboxylic acids is 1. The lowest BCUT2D eigenvalue weighted by molar-refractivity contribution is -0.153. The SMILES string of the molecule is Cc1ccc(C2=CC3(CCN(OC(=O)Nc4ccccc4Oc4ccccc4)CC3)ON2)cc1. The Hall–Kier alpha value is -3.81. The van der Waals surface area contributed by atoms with E-state index in [0.29, 0.717) is 43.1 Å². The van der Waals surface area contributed by atoms with Crippen LogP contribution >= 0.6 is 0 Å². The fourth-order valence-corrected chi connectivity index (χ4v) is 4.08. The number of hydroxylamine groups is 3. The van der Waals surface area contributed by atoms with Crippen LogP contribution in [-0.4, -0.2) is 29.8 Å². The summed E-state index contributed by atoms with van der Waals surface area (Å²) in [6.07, 6.45) is 3.00. The lowest BCUT2D eigenvalue weighted by atomic mass is 9.91. The van der Waals surface area contributed by atoms with Crippen molar-refractivity contribution >= 4 is 17.5 Å². The molecule has 2 aliphatic rings. The van der Waals surface area contributed by atoms with Gasteiger partial charge in [0.2, 0.25) is 0 Å². The number of rotatable bonds is 5. The number of hydrogen-bond acceptors (Lipinski definition) is 6. The van der Waals surface area contributed by atoms with Crippen LogP contribution in [0.1, 0.15) is 24.0 Å². The molecule has 7 heteroatoms. The summed E-state index contributed by atoms with van der Waals surface area (Å²) in [6, 6.07) is 25.0. The topological polar surface area (TPSA) is 72.1 Å². The number of piperidine rings is 1. The Morgan fingerprint density at radius 3 is 2.44 bits per heavy atom. The second-order valence-corrected chi connectivity index (χ2v) is 8.54. The van der Waals surface area contributed by atoms with Crippen molar-refractivity contribution in [1.29, 1.82) is 0 Å². The molecule has 0 unspecified atom stereocenters. The molecule has 3 aromatic carbocycles. The monoisotopic (exact) mass is 457 g/mol. The Kier molecular flexibility index (Phi) is 6.20. The Labute approximate surface area is 198 Å². The maximum absolute atomic E-state index is 12.6. The number of nitrogens with zero attached hydrogens (tertiary/aromatic N) is 1. The van der Waals surface area contributed by atoms with Crippen LogP contribution in [0.3, 0.4) is 0 Å². The molecule has 174 valence electrons. The van der Waals surface area contributed by atoms with Crippen molar-refractivity contribution < 1.29 is 19.2 Å². The van der Waals surface area contributed by atoms with Crippen LogP contribution in [0.2, 0.25) is 0 Å². The lowest BCUT2D eigenvalue weighted by Crippen LogP contribution is -2.45. The van der Waals surface area contributed by atoms with Crippen molar-refractivity contribution in [3.05, 3.63) is 96.1 Å². The number of amides is 1. The molecule has 0 aromatic heterocycles. The van der Waals surface area contributed by atoms with Crippen molar-refractivity contribution in [1.82, 2.24) is 10.5 Å². The van der Waals surface area contributed by atoms with Gasteiger partial charge in [0.25, 0.3) is 0 Å². The average molecular weight is 458 g/mol. The summed E-state index contributed by atoms with van der Waals surface area (Å²) < 4.78 is 5.90. The molecule has 0 radical (unpaired) electrons. The molecular weight excluding hydrogens is 430 g/mol. The molecule has 1 amide bonds. The largest absolute Gasteiger partial charge is 0.455 e. The number of para-hydroxylation sites is 3. The van der Waals surface area contributed by atoms with E-state index in [9.17, 15) is 4.79 Å². The minimum absolute atomic E-state index is 0.396. The van der Waals surface area contributed by atoms with Gasteiger partial charge in [0.1, 0.15) is 11.4 Å². The molecule has 34 heavy (non-hydrogen) atoms. The summed E-state index contributed by atoms with van der Waals surface area (Å²) in [5.41, 5.74) is 6.51. The number of ether oxygens (including phenoxy) is 1. The van der Waals surface area contributed by atoms with Gasteiger partial charge in [0.15, 0.2) is 5.75 Å². The number of anilines is 1. The zero-order chi connectivity index (χ0) is 23.4. The van der Waals surface area contributed by atoms with Crippen molar-refractivity contribution in [2.24, 2.45) is 0 Å². The van der Waals surface area contributed by atoms with E-state index in [0.717, 1.165) is 11.3 Å². The second kappa shape index (κ2) is 9.59. The van der Waals surface area contributed by atoms with Gasteiger partial charge in [0.05, 0.1) is 11.4 Å². The number of benzene rings is 3. The van der Waals surface area contributed by atoms with Gasteiger partial charge in [-0.15, -0.1) is 5.06 Å². The minimum Gasteiger partial charge on any atom is -0.455 e. The number of aryl methyl sites for hydroxylation is 1. The van der Waals surface area contributed by atoms with Gasteiger partial charge in [0, 0.05) is 13.1 Å². The zero-order valence-electron chi connectivity index (χ0n) is 19.0. The first-order valence-corrected chi connectivity index (χ1v) is 11.4. The summed E-state index contributed by atoms with van der Waals surface area (Å²) in [6.45, 7) is 3.20. The molecule has 5 rings (SSSR count). The smallest absolute Gasteiger partial charge is 0.430 e. The van der Waals surface area contributed by atoms with E-state index >= 15 is 0 Å². The first kappa shape index (κ1) is 22.0. The fraction of sp³-hybridized carbons (Fsp3) is 0.222. The number of nitrogens with one attached hydrogen (secondary N) is 2. The fourth-order valence-electron chi connectivity index (χ4n) is 4.08. The summed E-state index contributed by atoms with van der Waals surface area (Å²) in [7, 11) is 0. The van der Waals surface area contributed by atoms with Crippen LogP contribution < -0.4 is 15.5 Å². The van der Waals surface area contributed by atoms with Crippen molar-refractivity contribution in [3.63, 3.8) is 0 Å². The van der Waals surface area contributed by atoms with Crippen LogP contribution in [0.5, 0.6) is 11.5 Å². The minimum atomic E-state index is -0.554. The highest BCUT2D eigenvalue weighted by Gasteiger charge is 2.39. The molecule has 1 spiro atoms. The summed E-state index contributed by atoms with van der Waals surface area (Å²) in [4.78, 5) is 24.1. The van der Waals surface area contributed by atoms with Gasteiger partial charge in [-0.25, -0.2) is 4.79 Å². The van der Waals surface area contributed by atoms with Crippen LogP contribution in [0.25, 0.3) is 5.70 Å². The van der Waals surface area contributed by atoms with E-state index in [1.165, 1.54) is 5.56 Å². The first-order chi connectivity index (χ1) is 16.6. The maximum atomic E-state index is 12.6. The van der Waals surface area contributed by atoms with Crippen LogP contribution in [0.15, 0.2) is 84.9 Å². The van der Waals surface area contributed by atoms with Crippen molar-refractivity contribution in [2.45, 2.75) is 25.4 Å². The van der Waals surface area contributed by atoms with E-state index in [4.69, 9.17) is 14.4 Å². The summed E-state index contributed by atoms with van der Waals surface area (Å²) in [5, 5.41) is 4.46. The first-order valence-electron chi connectivity index (χ1n) is 11.4. The average Bonchev–Trinajstić information content (AvgIpc) is 3.27. The van der Waals surface area contributed by atoms with Crippen LogP contribution in [0.4, 0.5) is 10.5 Å². The molecule has 0 atom stereocenters. The third kappa shape index (κ3) is 5.06. The van der Waals surface area contributed by atoms with Gasteiger partial charge >= 0.3 is 6.09 Å². The molecular formula is C27H27N3O4. The number of carbonyl (C=O) groups is 1. The molecule has 2 aliphatic heterocycles. The van der Waals surface area contributed by atoms with E-state index in [1.54, 1.807) is 17.2 Å². The second-order valence-electron chi connectivity index (χ2n) is 8.54. The Balaban J connectivity index is 1.16. The van der Waals surface area contributed by atoms with Gasteiger partial charge in [-0.2, -0.15) is 0 Å². The van der Waals surface area contributed by atoms with Crippen molar-refractivity contribution in [3.8, 4) is 11.5 Å². The highest BCUT2D eigenvalue weighted by Crippen LogP contribution is 2.35. The third-order valence-corrected chi connectivity index (χ3v) is 6.01. The number of hydrogen-bond donors (Lipinski definition) is 2. The molecule has 2 N–H and O–H groups in total. The van der Waals surface area contributed by atoms with E-state index in [1.807, 2.05) is 42.5 Å². The molecule has 2 heterocycles. The summed E-state index contributed by atoms with van der Waals surface area (Å²) in [5.74, 6) is 1.23. The Morgan fingerprint density at radius 1 is 0.971 bits per heavy atom. The van der Waals surface area contributed by atoms with Crippen LogP contribution in [-0.2, 0) is 9.68 Å². The third-order valence-electron chi connectivity index (χ3n) is 6.01. The highest BCUT2D eigenvalue weighted by atomic mass is 16.7. The highest BCUT2D eigenvalue weighted by molar-refractivity contribution is 5.86. The zero-order valence-corrected chi connectivity index (χ0v) is 19.0. The van der Waals surface area contributed by atoms with Crippen molar-refractivity contribution in [2.75, 3.05) is 18.4 Å². The lowest BCUT2D eigenvalue weighted by Gasteiger charge is -2.35. The van der Waals surface area contributed by atoms with E-state index in [2.05, 4.69) is 48.1 Å². The molecule has 3 aromatic rings. The molecule has 0 bridgehead atoms. The molecule has 0 aliphatic carbocycles.